The van der Waals surface area contributed by atoms with Crippen LogP contribution in [-0.2, 0) is 15.0 Å². The first-order chi connectivity index (χ1) is 8.30. The fraction of sp³-hybridized carbons (Fsp3) is 0.375. The van der Waals surface area contributed by atoms with Crippen molar-refractivity contribution in [2.75, 3.05) is 22.9 Å². The number of carbonyl (C=O) groups is 1. The fourth-order valence-corrected chi connectivity index (χ4v) is 2.35. The van der Waals surface area contributed by atoms with Gasteiger partial charge in [-0.05, 0) is 0 Å². The van der Waals surface area contributed by atoms with Crippen LogP contribution in [0.3, 0.4) is 0 Å². The molecule has 1 atom stereocenters. The van der Waals surface area contributed by atoms with Crippen LogP contribution in [0, 0.1) is 0 Å². The molecule has 0 bridgehead atoms. The Kier molecular flexibility index (Phi) is 2.81. The summed E-state index contributed by atoms with van der Waals surface area (Å²) in [5, 5.41) is -1.40. The molecule has 1 aliphatic heterocycles. The van der Waals surface area contributed by atoms with Gasteiger partial charge in [0.1, 0.15) is 17.3 Å². The Morgan fingerprint density at radius 2 is 2.06 bits per heavy atom. The lowest BCUT2D eigenvalue weighted by atomic mass is 10.4. The summed E-state index contributed by atoms with van der Waals surface area (Å²) in [6, 6.07) is 0. The fourth-order valence-electron chi connectivity index (χ4n) is 1.68. The summed E-state index contributed by atoms with van der Waals surface area (Å²) in [7, 11) is -4.78. The van der Waals surface area contributed by atoms with E-state index in [0.717, 1.165) is 11.2 Å². The van der Waals surface area contributed by atoms with E-state index >= 15 is 0 Å². The lowest BCUT2D eigenvalue weighted by Crippen LogP contribution is -2.29. The van der Waals surface area contributed by atoms with Gasteiger partial charge in [-0.2, -0.15) is 8.42 Å². The van der Waals surface area contributed by atoms with Crippen LogP contribution in [0.4, 0.5) is 21.2 Å². The van der Waals surface area contributed by atoms with Crippen molar-refractivity contribution in [3.8, 4) is 0 Å². The van der Waals surface area contributed by atoms with Crippen LogP contribution in [0.1, 0.15) is 6.42 Å². The standard InChI is InChI=1S/C8H10FN5O3S/c9-18(16,17)4-1-5(15)14(2-4)8-6(10)7(11)12-3-13-8/h3-4H,1-2,10H2,(H2,11,12,13). The zero-order valence-corrected chi connectivity index (χ0v) is 9.89. The van der Waals surface area contributed by atoms with E-state index in [9.17, 15) is 17.1 Å². The highest BCUT2D eigenvalue weighted by atomic mass is 32.3. The van der Waals surface area contributed by atoms with Crippen molar-refractivity contribution >= 4 is 33.5 Å². The number of anilines is 3. The average molecular weight is 275 g/mol. The predicted molar refractivity (Wildman–Crippen MR) is 61.6 cm³/mol. The van der Waals surface area contributed by atoms with Crippen molar-refractivity contribution in [2.45, 2.75) is 11.7 Å². The molecule has 1 amide bonds. The molecule has 98 valence electrons. The first-order valence-electron chi connectivity index (χ1n) is 4.90. The number of rotatable bonds is 2. The van der Waals surface area contributed by atoms with Crippen molar-refractivity contribution in [3.05, 3.63) is 6.33 Å². The SMILES string of the molecule is Nc1ncnc(N2CC(S(=O)(=O)F)CC2=O)c1N. The van der Waals surface area contributed by atoms with Crippen LogP contribution < -0.4 is 16.4 Å². The minimum absolute atomic E-state index is 0.00125. The Balaban J connectivity index is 2.36. The number of aromatic nitrogens is 2. The van der Waals surface area contributed by atoms with E-state index in [1.54, 1.807) is 0 Å². The number of hydrogen-bond donors (Lipinski definition) is 2. The van der Waals surface area contributed by atoms with Gasteiger partial charge in [0.2, 0.25) is 5.91 Å². The number of hydrogen-bond acceptors (Lipinski definition) is 7. The lowest BCUT2D eigenvalue weighted by Gasteiger charge is -2.16. The number of nitrogens with zero attached hydrogens (tertiary/aromatic N) is 3. The summed E-state index contributed by atoms with van der Waals surface area (Å²) in [5.41, 5.74) is 11.0. The maximum absolute atomic E-state index is 12.8. The maximum Gasteiger partial charge on any atom is 0.307 e. The van der Waals surface area contributed by atoms with Gasteiger partial charge >= 0.3 is 10.2 Å². The number of carbonyl (C=O) groups excluding carboxylic acids is 1. The Morgan fingerprint density at radius 1 is 1.39 bits per heavy atom. The zero-order chi connectivity index (χ0) is 13.5. The number of halogens is 1. The number of amides is 1. The molecule has 8 nitrogen and oxygen atoms in total. The molecule has 2 heterocycles. The Hall–Kier alpha value is -1.97. The Labute approximate surface area is 102 Å². The average Bonchev–Trinajstić information content (AvgIpc) is 2.64. The Morgan fingerprint density at radius 3 is 2.61 bits per heavy atom. The van der Waals surface area contributed by atoms with Gasteiger partial charge in [-0.15, -0.1) is 3.89 Å². The van der Waals surface area contributed by atoms with E-state index < -0.39 is 27.8 Å². The second kappa shape index (κ2) is 4.05. The van der Waals surface area contributed by atoms with Crippen molar-refractivity contribution in [1.82, 2.24) is 9.97 Å². The van der Waals surface area contributed by atoms with Crippen molar-refractivity contribution in [3.63, 3.8) is 0 Å². The van der Waals surface area contributed by atoms with Crippen LogP contribution in [0.2, 0.25) is 0 Å². The quantitative estimate of drug-likeness (QED) is 0.664. The molecule has 4 N–H and O–H groups in total. The number of nitrogen functional groups attached to an aromatic ring is 2. The van der Waals surface area contributed by atoms with Crippen LogP contribution in [0.25, 0.3) is 0 Å². The molecule has 1 saturated heterocycles. The van der Waals surface area contributed by atoms with Gasteiger partial charge in [0.25, 0.3) is 0 Å². The Bertz CT molecular complexity index is 605. The molecule has 1 aromatic rings. The van der Waals surface area contributed by atoms with Crippen molar-refractivity contribution in [2.24, 2.45) is 0 Å². The third kappa shape index (κ3) is 2.06. The first kappa shape index (κ1) is 12.5. The van der Waals surface area contributed by atoms with Gasteiger partial charge in [-0.3, -0.25) is 9.69 Å². The summed E-state index contributed by atoms with van der Waals surface area (Å²) in [6.45, 7) is -0.335. The molecule has 0 saturated carbocycles. The largest absolute Gasteiger partial charge is 0.393 e. The van der Waals surface area contributed by atoms with Crippen LogP contribution >= 0.6 is 0 Å². The molecule has 1 aromatic heterocycles. The third-order valence-corrected chi connectivity index (χ3v) is 3.75. The highest BCUT2D eigenvalue weighted by Gasteiger charge is 2.40. The van der Waals surface area contributed by atoms with E-state index in [2.05, 4.69) is 9.97 Å². The molecular weight excluding hydrogens is 265 g/mol. The van der Waals surface area contributed by atoms with E-state index in [0.29, 0.717) is 0 Å². The first-order valence-corrected chi connectivity index (χ1v) is 6.35. The second-order valence-electron chi connectivity index (χ2n) is 3.80. The summed E-state index contributed by atoms with van der Waals surface area (Å²) in [4.78, 5) is 20.0. The lowest BCUT2D eigenvalue weighted by molar-refractivity contribution is -0.117. The van der Waals surface area contributed by atoms with E-state index in [-0.39, 0.29) is 23.9 Å². The summed E-state index contributed by atoms with van der Waals surface area (Å²) in [6.07, 6.45) is 0.647. The molecule has 10 heteroatoms. The van der Waals surface area contributed by atoms with E-state index in [1.165, 1.54) is 0 Å². The number of nitrogens with two attached hydrogens (primary N) is 2. The van der Waals surface area contributed by atoms with Crippen molar-refractivity contribution in [1.29, 1.82) is 0 Å². The molecule has 0 spiro atoms. The highest BCUT2D eigenvalue weighted by Crippen LogP contribution is 2.29. The normalized spacial score (nSPS) is 20.4. The summed E-state index contributed by atoms with van der Waals surface area (Å²) in [5.74, 6) is -0.607. The minimum atomic E-state index is -4.78. The molecule has 2 rings (SSSR count). The molecule has 1 aliphatic rings. The topological polar surface area (TPSA) is 132 Å². The smallest absolute Gasteiger partial charge is 0.307 e. The molecule has 0 aliphatic carbocycles. The van der Waals surface area contributed by atoms with Gasteiger partial charge in [-0.1, -0.05) is 0 Å². The van der Waals surface area contributed by atoms with Crippen LogP contribution in [0.15, 0.2) is 6.33 Å². The van der Waals surface area contributed by atoms with Crippen LogP contribution in [-0.4, -0.2) is 36.1 Å². The molecule has 1 unspecified atom stereocenters. The van der Waals surface area contributed by atoms with Crippen LogP contribution in [0.5, 0.6) is 0 Å². The second-order valence-corrected chi connectivity index (χ2v) is 5.42. The summed E-state index contributed by atoms with van der Waals surface area (Å²) < 4.78 is 34.4. The van der Waals surface area contributed by atoms with E-state index in [1.807, 2.05) is 0 Å². The minimum Gasteiger partial charge on any atom is -0.393 e. The van der Waals surface area contributed by atoms with Gasteiger partial charge in [0.05, 0.1) is 0 Å². The molecule has 18 heavy (non-hydrogen) atoms. The maximum atomic E-state index is 12.8. The molecular formula is C8H10FN5O3S. The molecule has 0 radical (unpaired) electrons. The molecule has 1 fully saturated rings. The van der Waals surface area contributed by atoms with E-state index in [4.69, 9.17) is 11.5 Å². The third-order valence-electron chi connectivity index (χ3n) is 2.64. The molecule has 0 aromatic carbocycles. The highest BCUT2D eigenvalue weighted by molar-refractivity contribution is 7.87. The van der Waals surface area contributed by atoms with Crippen molar-refractivity contribution < 1.29 is 17.1 Å². The van der Waals surface area contributed by atoms with Gasteiger partial charge in [-0.25, -0.2) is 9.97 Å². The summed E-state index contributed by atoms with van der Waals surface area (Å²) >= 11 is 0. The van der Waals surface area contributed by atoms with Gasteiger partial charge in [0.15, 0.2) is 11.6 Å². The zero-order valence-electron chi connectivity index (χ0n) is 9.08. The van der Waals surface area contributed by atoms with Gasteiger partial charge in [0, 0.05) is 13.0 Å². The van der Waals surface area contributed by atoms with Gasteiger partial charge < -0.3 is 11.5 Å². The monoisotopic (exact) mass is 275 g/mol. The predicted octanol–water partition coefficient (Wildman–Crippen LogP) is -0.954.